The molecule has 7 nitrogen and oxygen atoms in total. The van der Waals surface area contributed by atoms with E-state index in [4.69, 9.17) is 4.74 Å². The number of amides is 1. The van der Waals surface area contributed by atoms with Crippen LogP contribution in [0.2, 0.25) is 0 Å². The number of H-pyrrole nitrogens is 1. The molecule has 25 heavy (non-hydrogen) atoms. The molecule has 1 atom stereocenters. The Kier molecular flexibility index (Phi) is 5.03. The average Bonchev–Trinajstić information content (AvgIpc) is 3.13. The maximum absolute atomic E-state index is 12.2. The van der Waals surface area contributed by atoms with Gasteiger partial charge in [-0.25, -0.2) is 4.98 Å². The number of hydrogen-bond acceptors (Lipinski definition) is 5. The van der Waals surface area contributed by atoms with Gasteiger partial charge in [0.1, 0.15) is 11.6 Å². The lowest BCUT2D eigenvalue weighted by Gasteiger charge is -2.11. The van der Waals surface area contributed by atoms with Gasteiger partial charge in [-0.05, 0) is 36.8 Å². The molecule has 2 aromatic heterocycles. The van der Waals surface area contributed by atoms with Crippen LogP contribution < -0.4 is 10.1 Å². The van der Waals surface area contributed by atoms with Crippen molar-refractivity contribution < 1.29 is 9.53 Å². The number of aromatic nitrogens is 4. The molecule has 1 aromatic carbocycles. The predicted molar refractivity (Wildman–Crippen MR) is 92.9 cm³/mol. The maximum Gasteiger partial charge on any atom is 0.225 e. The van der Waals surface area contributed by atoms with Crippen LogP contribution in [0.25, 0.3) is 11.4 Å². The summed E-state index contributed by atoms with van der Waals surface area (Å²) < 4.78 is 5.17. The summed E-state index contributed by atoms with van der Waals surface area (Å²) in [4.78, 5) is 20.7. The monoisotopic (exact) mass is 337 g/mol. The standard InChI is InChI=1S/C18H19N5O2/c1-12(17-21-18(23-22-17)14-6-4-8-19-11-14)20-16(24)10-13-5-3-7-15(9-13)25-2/h3-9,11-12H,10H2,1-2H3,(H,20,24)(H,21,22,23)/t12-/m1/s1. The van der Waals surface area contributed by atoms with E-state index in [1.54, 1.807) is 19.5 Å². The summed E-state index contributed by atoms with van der Waals surface area (Å²) in [5, 5.41) is 9.96. The molecule has 1 amide bonds. The Morgan fingerprint density at radius 2 is 2.20 bits per heavy atom. The molecule has 0 aliphatic carbocycles. The molecule has 0 radical (unpaired) electrons. The molecule has 2 heterocycles. The molecule has 7 heteroatoms. The van der Waals surface area contributed by atoms with Crippen molar-refractivity contribution in [3.63, 3.8) is 0 Å². The fraction of sp³-hybridized carbons (Fsp3) is 0.222. The molecule has 0 aliphatic rings. The van der Waals surface area contributed by atoms with Crippen molar-refractivity contribution in [3.05, 3.63) is 60.2 Å². The fourth-order valence-electron chi connectivity index (χ4n) is 2.42. The number of nitrogens with one attached hydrogen (secondary N) is 2. The number of pyridine rings is 1. The van der Waals surface area contributed by atoms with Crippen LogP contribution in [-0.4, -0.2) is 33.2 Å². The summed E-state index contributed by atoms with van der Waals surface area (Å²) in [6.07, 6.45) is 3.66. The highest BCUT2D eigenvalue weighted by atomic mass is 16.5. The first kappa shape index (κ1) is 16.6. The molecule has 0 unspecified atom stereocenters. The van der Waals surface area contributed by atoms with E-state index in [2.05, 4.69) is 25.5 Å². The van der Waals surface area contributed by atoms with E-state index in [-0.39, 0.29) is 18.4 Å². The Hall–Kier alpha value is -3.22. The lowest BCUT2D eigenvalue weighted by Crippen LogP contribution is -2.28. The quantitative estimate of drug-likeness (QED) is 0.720. The second-order valence-corrected chi connectivity index (χ2v) is 5.60. The number of carbonyl (C=O) groups is 1. The SMILES string of the molecule is COc1cccc(CC(=O)N[C@H](C)c2nc(-c3cccnc3)n[nH]2)c1. The third-order valence-corrected chi connectivity index (χ3v) is 3.71. The van der Waals surface area contributed by atoms with E-state index in [1.165, 1.54) is 0 Å². The van der Waals surface area contributed by atoms with E-state index in [9.17, 15) is 4.79 Å². The van der Waals surface area contributed by atoms with Gasteiger partial charge < -0.3 is 10.1 Å². The molecule has 3 rings (SSSR count). The third kappa shape index (κ3) is 4.20. The molecule has 0 fully saturated rings. The number of nitrogens with zero attached hydrogens (tertiary/aromatic N) is 3. The van der Waals surface area contributed by atoms with E-state index < -0.39 is 0 Å². The molecule has 0 spiro atoms. The normalized spacial score (nSPS) is 11.8. The van der Waals surface area contributed by atoms with Crippen molar-refractivity contribution in [2.45, 2.75) is 19.4 Å². The minimum absolute atomic E-state index is 0.0971. The second kappa shape index (κ2) is 7.57. The summed E-state index contributed by atoms with van der Waals surface area (Å²) in [6, 6.07) is 10.9. The van der Waals surface area contributed by atoms with Crippen molar-refractivity contribution in [2.75, 3.05) is 7.11 Å². The number of benzene rings is 1. The van der Waals surface area contributed by atoms with Gasteiger partial charge in [-0.3, -0.25) is 14.9 Å². The summed E-state index contributed by atoms with van der Waals surface area (Å²) in [7, 11) is 1.60. The Morgan fingerprint density at radius 1 is 1.32 bits per heavy atom. The van der Waals surface area contributed by atoms with Crippen LogP contribution in [0.5, 0.6) is 5.75 Å². The largest absolute Gasteiger partial charge is 0.497 e. The third-order valence-electron chi connectivity index (χ3n) is 3.71. The van der Waals surface area contributed by atoms with E-state index >= 15 is 0 Å². The van der Waals surface area contributed by atoms with Crippen LogP contribution in [0, 0.1) is 0 Å². The summed E-state index contributed by atoms with van der Waals surface area (Å²) in [5.41, 5.74) is 1.71. The highest BCUT2D eigenvalue weighted by Crippen LogP contribution is 2.16. The molecule has 3 aromatic rings. The van der Waals surface area contributed by atoms with Crippen LogP contribution in [0.4, 0.5) is 0 Å². The molecule has 0 saturated carbocycles. The second-order valence-electron chi connectivity index (χ2n) is 5.60. The van der Waals surface area contributed by atoms with Crippen LogP contribution >= 0.6 is 0 Å². The van der Waals surface area contributed by atoms with Gasteiger partial charge in [-0.2, -0.15) is 5.10 Å². The topological polar surface area (TPSA) is 92.8 Å². The van der Waals surface area contributed by atoms with Gasteiger partial charge in [0, 0.05) is 18.0 Å². The molecule has 128 valence electrons. The number of carbonyl (C=O) groups excluding carboxylic acids is 1. The van der Waals surface area contributed by atoms with Crippen molar-refractivity contribution >= 4 is 5.91 Å². The zero-order chi connectivity index (χ0) is 17.6. The molecular formula is C18H19N5O2. The smallest absolute Gasteiger partial charge is 0.225 e. The number of hydrogen-bond donors (Lipinski definition) is 2. The van der Waals surface area contributed by atoms with Gasteiger partial charge >= 0.3 is 0 Å². The highest BCUT2D eigenvalue weighted by Gasteiger charge is 2.15. The first-order chi connectivity index (χ1) is 12.2. The number of ether oxygens (including phenoxy) is 1. The minimum atomic E-state index is -0.281. The molecular weight excluding hydrogens is 318 g/mol. The maximum atomic E-state index is 12.2. The number of aromatic amines is 1. The zero-order valence-corrected chi connectivity index (χ0v) is 14.1. The van der Waals surface area contributed by atoms with Crippen molar-refractivity contribution in [1.82, 2.24) is 25.5 Å². The molecule has 0 bridgehead atoms. The van der Waals surface area contributed by atoms with E-state index in [0.717, 1.165) is 16.9 Å². The van der Waals surface area contributed by atoms with E-state index in [0.29, 0.717) is 11.6 Å². The average molecular weight is 337 g/mol. The molecule has 0 saturated heterocycles. The first-order valence-electron chi connectivity index (χ1n) is 7.90. The molecule has 2 N–H and O–H groups in total. The van der Waals surface area contributed by atoms with Gasteiger partial charge in [-0.15, -0.1) is 0 Å². The Balaban J connectivity index is 1.63. The van der Waals surface area contributed by atoms with Crippen LogP contribution in [0.1, 0.15) is 24.4 Å². The Morgan fingerprint density at radius 3 is 2.96 bits per heavy atom. The predicted octanol–water partition coefficient (Wildman–Crippen LogP) is 2.30. The lowest BCUT2D eigenvalue weighted by atomic mass is 10.1. The Labute approximate surface area is 145 Å². The minimum Gasteiger partial charge on any atom is -0.497 e. The number of rotatable bonds is 6. The summed E-state index contributed by atoms with van der Waals surface area (Å²) >= 11 is 0. The van der Waals surface area contributed by atoms with Gasteiger partial charge in [0.05, 0.1) is 19.6 Å². The summed E-state index contributed by atoms with van der Waals surface area (Å²) in [6.45, 7) is 1.86. The van der Waals surface area contributed by atoms with Crippen molar-refractivity contribution in [1.29, 1.82) is 0 Å². The number of methoxy groups -OCH3 is 1. The van der Waals surface area contributed by atoms with Crippen molar-refractivity contribution in [3.8, 4) is 17.1 Å². The fourth-order valence-corrected chi connectivity index (χ4v) is 2.42. The first-order valence-corrected chi connectivity index (χ1v) is 7.90. The van der Waals surface area contributed by atoms with Crippen molar-refractivity contribution in [2.24, 2.45) is 0 Å². The van der Waals surface area contributed by atoms with E-state index in [1.807, 2.05) is 43.3 Å². The zero-order valence-electron chi connectivity index (χ0n) is 14.1. The van der Waals surface area contributed by atoms with Crippen LogP contribution in [-0.2, 0) is 11.2 Å². The van der Waals surface area contributed by atoms with Crippen LogP contribution in [0.3, 0.4) is 0 Å². The molecule has 0 aliphatic heterocycles. The van der Waals surface area contributed by atoms with Gasteiger partial charge in [-0.1, -0.05) is 12.1 Å². The highest BCUT2D eigenvalue weighted by molar-refractivity contribution is 5.79. The van der Waals surface area contributed by atoms with Gasteiger partial charge in [0.25, 0.3) is 0 Å². The van der Waals surface area contributed by atoms with Crippen LogP contribution in [0.15, 0.2) is 48.8 Å². The lowest BCUT2D eigenvalue weighted by molar-refractivity contribution is -0.121. The Bertz CT molecular complexity index is 847. The van der Waals surface area contributed by atoms with Gasteiger partial charge in [0.15, 0.2) is 5.82 Å². The summed E-state index contributed by atoms with van der Waals surface area (Å²) in [5.74, 6) is 1.78. The van der Waals surface area contributed by atoms with Gasteiger partial charge in [0.2, 0.25) is 5.91 Å².